The molecule has 46 valence electrons. The van der Waals surface area contributed by atoms with Gasteiger partial charge in [0, 0.05) is 0 Å². The monoisotopic (exact) mass is 134 g/mol. The number of halogens is 1. The maximum atomic E-state index is 10.3. The van der Waals surface area contributed by atoms with Crippen LogP contribution in [-0.2, 0) is 4.79 Å². The fourth-order valence-corrected chi connectivity index (χ4v) is 0.369. The summed E-state index contributed by atoms with van der Waals surface area (Å²) in [5.74, 6) is -0.394. The van der Waals surface area contributed by atoms with Crippen molar-refractivity contribution in [1.29, 1.82) is 0 Å². The van der Waals surface area contributed by atoms with E-state index in [2.05, 4.69) is 6.58 Å². The quantitative estimate of drug-likeness (QED) is 0.466. The zero-order valence-electron chi connectivity index (χ0n) is 4.35. The third-order valence-electron chi connectivity index (χ3n) is 0.550. The lowest BCUT2D eigenvalue weighted by molar-refractivity contribution is -0.116. The third-order valence-corrected chi connectivity index (χ3v) is 0.848. The van der Waals surface area contributed by atoms with Gasteiger partial charge in [0.15, 0.2) is 5.78 Å². The number of carbonyl (C=O) groups excluding carboxylic acids is 1. The molecule has 0 aliphatic heterocycles. The minimum Gasteiger partial charge on any atom is -0.512 e. The number of hydrogen-bond donors (Lipinski definition) is 1. The van der Waals surface area contributed by atoms with Gasteiger partial charge in [-0.15, -0.1) is 11.6 Å². The molecule has 3 heteroatoms. The van der Waals surface area contributed by atoms with Crippen molar-refractivity contribution >= 4 is 17.4 Å². The number of hydrogen-bond acceptors (Lipinski definition) is 2. The second kappa shape index (κ2) is 3.50. The Morgan fingerprint density at radius 3 is 2.38 bits per heavy atom. The largest absolute Gasteiger partial charge is 0.512 e. The Morgan fingerprint density at radius 2 is 2.25 bits per heavy atom. The molecule has 2 nitrogen and oxygen atoms in total. The number of rotatable bonds is 3. The van der Waals surface area contributed by atoms with Gasteiger partial charge in [-0.3, -0.25) is 4.79 Å². The van der Waals surface area contributed by atoms with E-state index >= 15 is 0 Å². The van der Waals surface area contributed by atoms with Gasteiger partial charge in [0.2, 0.25) is 0 Å². The smallest absolute Gasteiger partial charge is 0.155 e. The highest BCUT2D eigenvalue weighted by Gasteiger charge is 1.98. The van der Waals surface area contributed by atoms with E-state index in [-0.39, 0.29) is 23.8 Å². The molecule has 0 aromatic heterocycles. The maximum absolute atomic E-state index is 10.3. The number of aliphatic hydroxyl groups excluding tert-OH is 1. The maximum Gasteiger partial charge on any atom is 0.155 e. The second-order valence-corrected chi connectivity index (χ2v) is 1.68. The summed E-state index contributed by atoms with van der Waals surface area (Å²) < 4.78 is 0. The summed E-state index contributed by atoms with van der Waals surface area (Å²) >= 11 is 5.09. The topological polar surface area (TPSA) is 37.3 Å². The van der Waals surface area contributed by atoms with E-state index in [1.807, 2.05) is 0 Å². The number of Topliss-reactive ketones (excluding diaryl/α,β-unsaturated/α-hetero) is 1. The summed E-state index contributed by atoms with van der Waals surface area (Å²) in [4.78, 5) is 10.3. The molecule has 0 aliphatic carbocycles. The first-order valence-corrected chi connectivity index (χ1v) is 2.64. The van der Waals surface area contributed by atoms with Gasteiger partial charge in [-0.25, -0.2) is 0 Å². The van der Waals surface area contributed by atoms with Crippen LogP contribution in [0, 0.1) is 0 Å². The van der Waals surface area contributed by atoms with Crippen molar-refractivity contribution in [2.45, 2.75) is 6.42 Å². The molecule has 0 radical (unpaired) electrons. The van der Waals surface area contributed by atoms with Crippen molar-refractivity contribution in [3.05, 3.63) is 12.3 Å². The van der Waals surface area contributed by atoms with Gasteiger partial charge in [-0.2, -0.15) is 0 Å². The van der Waals surface area contributed by atoms with Crippen LogP contribution in [0.15, 0.2) is 12.3 Å². The molecular weight excluding hydrogens is 128 g/mol. The molecular formula is C5H7ClO2. The summed E-state index contributed by atoms with van der Waals surface area (Å²) in [6.45, 7) is 3.12. The van der Waals surface area contributed by atoms with Crippen LogP contribution >= 0.6 is 11.6 Å². The molecule has 0 rings (SSSR count). The van der Waals surface area contributed by atoms with E-state index in [0.29, 0.717) is 0 Å². The van der Waals surface area contributed by atoms with Gasteiger partial charge >= 0.3 is 0 Å². The van der Waals surface area contributed by atoms with Crippen LogP contribution in [0.4, 0.5) is 0 Å². The van der Waals surface area contributed by atoms with Crippen LogP contribution < -0.4 is 0 Å². The molecule has 0 aromatic rings. The molecule has 0 aromatic carbocycles. The van der Waals surface area contributed by atoms with Crippen molar-refractivity contribution < 1.29 is 9.90 Å². The fraction of sp³-hybridized carbons (Fsp3) is 0.400. The highest BCUT2D eigenvalue weighted by Crippen LogP contribution is 1.93. The molecule has 0 fully saturated rings. The van der Waals surface area contributed by atoms with Crippen LogP contribution in [-0.4, -0.2) is 16.8 Å². The molecule has 0 aliphatic rings. The van der Waals surface area contributed by atoms with Crippen LogP contribution in [0.1, 0.15) is 6.42 Å². The van der Waals surface area contributed by atoms with Crippen molar-refractivity contribution in [2.75, 3.05) is 5.88 Å². The summed E-state index contributed by atoms with van der Waals surface area (Å²) in [7, 11) is 0. The lowest BCUT2D eigenvalue weighted by atomic mass is 10.3. The Hall–Kier alpha value is -0.500. The number of allylic oxidation sites excluding steroid dienone is 1. The first kappa shape index (κ1) is 7.50. The molecule has 0 saturated heterocycles. The third kappa shape index (κ3) is 3.68. The predicted octanol–water partition coefficient (Wildman–Crippen LogP) is 1.26. The van der Waals surface area contributed by atoms with Gasteiger partial charge in [-0.1, -0.05) is 6.58 Å². The van der Waals surface area contributed by atoms with Crippen LogP contribution in [0.3, 0.4) is 0 Å². The van der Waals surface area contributed by atoms with Gasteiger partial charge in [0.1, 0.15) is 0 Å². The molecule has 0 bridgehead atoms. The lowest BCUT2D eigenvalue weighted by Gasteiger charge is -1.90. The van der Waals surface area contributed by atoms with Crippen LogP contribution in [0.5, 0.6) is 0 Å². The van der Waals surface area contributed by atoms with Gasteiger partial charge < -0.3 is 5.11 Å². The number of alkyl halides is 1. The molecule has 0 spiro atoms. The highest BCUT2D eigenvalue weighted by atomic mass is 35.5. The Balaban J connectivity index is 3.40. The van der Waals surface area contributed by atoms with E-state index < -0.39 is 0 Å². The normalized spacial score (nSPS) is 8.62. The van der Waals surface area contributed by atoms with E-state index in [9.17, 15) is 4.79 Å². The van der Waals surface area contributed by atoms with Gasteiger partial charge in [0.05, 0.1) is 18.1 Å². The van der Waals surface area contributed by atoms with Crippen molar-refractivity contribution in [3.63, 3.8) is 0 Å². The second-order valence-electron chi connectivity index (χ2n) is 1.42. The molecule has 0 heterocycles. The van der Waals surface area contributed by atoms with Crippen molar-refractivity contribution in [2.24, 2.45) is 0 Å². The van der Waals surface area contributed by atoms with Gasteiger partial charge in [0.25, 0.3) is 0 Å². The zero-order chi connectivity index (χ0) is 6.57. The molecule has 0 atom stereocenters. The first-order valence-electron chi connectivity index (χ1n) is 2.11. The van der Waals surface area contributed by atoms with Crippen molar-refractivity contribution in [1.82, 2.24) is 0 Å². The number of ketones is 1. The van der Waals surface area contributed by atoms with E-state index in [1.165, 1.54) is 0 Å². The molecule has 0 unspecified atom stereocenters. The number of carbonyl (C=O) groups is 1. The molecule has 8 heavy (non-hydrogen) atoms. The Morgan fingerprint density at radius 1 is 1.75 bits per heavy atom. The van der Waals surface area contributed by atoms with Crippen LogP contribution in [0.2, 0.25) is 0 Å². The minimum absolute atomic E-state index is 0.0243. The van der Waals surface area contributed by atoms with Crippen LogP contribution in [0.25, 0.3) is 0 Å². The lowest BCUT2D eigenvalue weighted by Crippen LogP contribution is -1.99. The average Bonchev–Trinajstić information content (AvgIpc) is 1.65. The van der Waals surface area contributed by atoms with E-state index in [4.69, 9.17) is 16.7 Å². The molecule has 0 amide bonds. The average molecular weight is 135 g/mol. The Bertz CT molecular complexity index is 109. The Labute approximate surface area is 52.8 Å². The first-order chi connectivity index (χ1) is 3.66. The molecule has 0 saturated carbocycles. The number of aliphatic hydroxyl groups is 1. The summed E-state index contributed by atoms with van der Waals surface area (Å²) in [5, 5.41) is 8.38. The fourth-order valence-electron chi connectivity index (χ4n) is 0.275. The van der Waals surface area contributed by atoms with Gasteiger partial charge in [-0.05, 0) is 0 Å². The standard InChI is InChI=1S/C5H7ClO2/c1-4(7)2-5(8)3-6/h7H,1-3H2. The zero-order valence-corrected chi connectivity index (χ0v) is 5.11. The van der Waals surface area contributed by atoms with E-state index in [1.54, 1.807) is 0 Å². The highest BCUT2D eigenvalue weighted by molar-refractivity contribution is 6.27. The summed E-state index contributed by atoms with van der Waals surface area (Å²) in [6.07, 6.45) is -0.0243. The predicted molar refractivity (Wildman–Crippen MR) is 32.1 cm³/mol. The SMILES string of the molecule is C=C(O)CC(=O)CCl. The summed E-state index contributed by atoms with van der Waals surface area (Å²) in [6, 6.07) is 0. The summed E-state index contributed by atoms with van der Waals surface area (Å²) in [5.41, 5.74) is 0. The molecule has 1 N–H and O–H groups in total. The minimum atomic E-state index is -0.209. The van der Waals surface area contributed by atoms with E-state index in [0.717, 1.165) is 0 Å². The Kier molecular flexibility index (Phi) is 3.28. The van der Waals surface area contributed by atoms with Crippen molar-refractivity contribution in [3.8, 4) is 0 Å².